The first kappa shape index (κ1) is 17.7. The van der Waals surface area contributed by atoms with Gasteiger partial charge in [-0.2, -0.15) is 0 Å². The van der Waals surface area contributed by atoms with Crippen LogP contribution in [0.4, 0.5) is 5.69 Å². The van der Waals surface area contributed by atoms with Crippen molar-refractivity contribution in [2.75, 3.05) is 44.2 Å². The number of hydrogen-bond acceptors (Lipinski definition) is 4. The van der Waals surface area contributed by atoms with Crippen LogP contribution in [-0.2, 0) is 4.74 Å². The Morgan fingerprint density at radius 3 is 2.38 bits per heavy atom. The predicted molar refractivity (Wildman–Crippen MR) is 98.7 cm³/mol. The molecule has 1 aromatic rings. The molecule has 134 valence electrons. The number of aliphatic hydroxyl groups excluding tert-OH is 1. The summed E-state index contributed by atoms with van der Waals surface area (Å²) < 4.78 is 5.90. The number of β-amino-alcohol motifs (C(OH)–C–C–N with tert-alkyl or cyclic N) is 1. The van der Waals surface area contributed by atoms with Crippen molar-refractivity contribution in [3.8, 4) is 0 Å². The van der Waals surface area contributed by atoms with Gasteiger partial charge in [0.2, 0.25) is 0 Å². The maximum absolute atomic E-state index is 10.3. The van der Waals surface area contributed by atoms with Gasteiger partial charge in [0.25, 0.3) is 0 Å². The molecule has 1 saturated heterocycles. The zero-order chi connectivity index (χ0) is 16.8. The zero-order valence-corrected chi connectivity index (χ0v) is 15.0. The molecule has 0 radical (unpaired) electrons. The van der Waals surface area contributed by atoms with E-state index < -0.39 is 0 Å². The topological polar surface area (TPSA) is 35.9 Å². The van der Waals surface area contributed by atoms with Crippen molar-refractivity contribution in [1.82, 2.24) is 4.90 Å². The van der Waals surface area contributed by atoms with Gasteiger partial charge in [0.05, 0.1) is 18.8 Å². The van der Waals surface area contributed by atoms with E-state index in [0.29, 0.717) is 12.7 Å². The van der Waals surface area contributed by atoms with Crippen molar-refractivity contribution >= 4 is 5.69 Å². The molecule has 24 heavy (non-hydrogen) atoms. The Labute approximate surface area is 146 Å². The van der Waals surface area contributed by atoms with E-state index in [0.717, 1.165) is 32.7 Å². The standard InChI is InChI=1S/C20H32N2O2/c1-17-7-9-18(10-8-17)22-13-11-21(12-14-22)15-19(23)16-24-20-5-3-2-4-6-20/h7-10,19-20,23H,2-6,11-16H2,1H3/t19-/m0/s1. The molecule has 1 aliphatic carbocycles. The number of benzene rings is 1. The smallest absolute Gasteiger partial charge is 0.0900 e. The Balaban J connectivity index is 1.36. The third kappa shape index (κ3) is 5.20. The summed E-state index contributed by atoms with van der Waals surface area (Å²) in [5, 5.41) is 10.3. The number of hydrogen-bond donors (Lipinski definition) is 1. The molecule has 0 spiro atoms. The molecule has 1 aliphatic heterocycles. The van der Waals surface area contributed by atoms with Crippen LogP contribution in [0.5, 0.6) is 0 Å². The number of anilines is 1. The Bertz CT molecular complexity index is 477. The second-order valence-electron chi connectivity index (χ2n) is 7.37. The van der Waals surface area contributed by atoms with Crippen LogP contribution in [0.25, 0.3) is 0 Å². The minimum atomic E-state index is -0.363. The third-order valence-electron chi connectivity index (χ3n) is 5.32. The van der Waals surface area contributed by atoms with Crippen LogP contribution in [0.3, 0.4) is 0 Å². The Morgan fingerprint density at radius 2 is 1.71 bits per heavy atom. The fraction of sp³-hybridized carbons (Fsp3) is 0.700. The van der Waals surface area contributed by atoms with Crippen LogP contribution >= 0.6 is 0 Å². The number of ether oxygens (including phenoxy) is 1. The lowest BCUT2D eigenvalue weighted by atomic mass is 9.98. The maximum atomic E-state index is 10.3. The van der Waals surface area contributed by atoms with Gasteiger partial charge in [0, 0.05) is 38.4 Å². The van der Waals surface area contributed by atoms with E-state index in [2.05, 4.69) is 41.0 Å². The van der Waals surface area contributed by atoms with E-state index in [-0.39, 0.29) is 6.10 Å². The Hall–Kier alpha value is -1.10. The van der Waals surface area contributed by atoms with Gasteiger partial charge in [-0.25, -0.2) is 0 Å². The lowest BCUT2D eigenvalue weighted by molar-refractivity contribution is -0.0336. The zero-order valence-electron chi connectivity index (χ0n) is 15.0. The van der Waals surface area contributed by atoms with Crippen molar-refractivity contribution in [2.45, 2.75) is 51.2 Å². The van der Waals surface area contributed by atoms with Crippen molar-refractivity contribution in [1.29, 1.82) is 0 Å². The highest BCUT2D eigenvalue weighted by Crippen LogP contribution is 2.20. The number of aliphatic hydroxyl groups is 1. The van der Waals surface area contributed by atoms with Gasteiger partial charge >= 0.3 is 0 Å². The van der Waals surface area contributed by atoms with Crippen molar-refractivity contribution in [3.63, 3.8) is 0 Å². The van der Waals surface area contributed by atoms with Gasteiger partial charge in [0.15, 0.2) is 0 Å². The van der Waals surface area contributed by atoms with E-state index in [1.165, 1.54) is 43.4 Å². The molecule has 2 aliphatic rings. The van der Waals surface area contributed by atoms with Gasteiger partial charge in [0.1, 0.15) is 0 Å². The fourth-order valence-corrected chi connectivity index (χ4v) is 3.77. The summed E-state index contributed by atoms with van der Waals surface area (Å²) in [5.41, 5.74) is 2.61. The number of nitrogens with zero attached hydrogens (tertiary/aromatic N) is 2. The summed E-state index contributed by atoms with van der Waals surface area (Å²) in [6.07, 6.45) is 6.26. The van der Waals surface area contributed by atoms with Crippen LogP contribution in [0.15, 0.2) is 24.3 Å². The molecule has 3 rings (SSSR count). The van der Waals surface area contributed by atoms with Crippen LogP contribution in [0.2, 0.25) is 0 Å². The van der Waals surface area contributed by atoms with E-state index in [1.807, 2.05) is 0 Å². The SMILES string of the molecule is Cc1ccc(N2CCN(C[C@H](O)COC3CCCCC3)CC2)cc1. The van der Waals surface area contributed by atoms with Crippen LogP contribution in [0, 0.1) is 6.92 Å². The second kappa shape index (κ2) is 8.84. The average molecular weight is 332 g/mol. The molecule has 1 aromatic carbocycles. The number of piperazine rings is 1. The van der Waals surface area contributed by atoms with Gasteiger partial charge in [-0.15, -0.1) is 0 Å². The molecule has 0 aromatic heterocycles. The van der Waals surface area contributed by atoms with E-state index in [1.54, 1.807) is 0 Å². The molecule has 1 heterocycles. The average Bonchev–Trinajstić information content (AvgIpc) is 2.62. The molecule has 0 unspecified atom stereocenters. The van der Waals surface area contributed by atoms with E-state index in [9.17, 15) is 5.11 Å². The van der Waals surface area contributed by atoms with E-state index in [4.69, 9.17) is 4.74 Å². The monoisotopic (exact) mass is 332 g/mol. The largest absolute Gasteiger partial charge is 0.389 e. The summed E-state index contributed by atoms with van der Waals surface area (Å²) in [6.45, 7) is 7.41. The van der Waals surface area contributed by atoms with Gasteiger partial charge in [-0.1, -0.05) is 37.0 Å². The van der Waals surface area contributed by atoms with Crippen molar-refractivity contribution in [3.05, 3.63) is 29.8 Å². The Morgan fingerprint density at radius 1 is 1.04 bits per heavy atom. The molecule has 0 bridgehead atoms. The summed E-state index contributed by atoms with van der Waals surface area (Å²) in [7, 11) is 0. The lowest BCUT2D eigenvalue weighted by Gasteiger charge is -2.37. The molecular weight excluding hydrogens is 300 g/mol. The lowest BCUT2D eigenvalue weighted by Crippen LogP contribution is -2.49. The first-order valence-corrected chi connectivity index (χ1v) is 9.54. The molecule has 4 nitrogen and oxygen atoms in total. The highest BCUT2D eigenvalue weighted by molar-refractivity contribution is 5.47. The van der Waals surface area contributed by atoms with Crippen LogP contribution in [0.1, 0.15) is 37.7 Å². The molecular formula is C20H32N2O2. The minimum absolute atomic E-state index is 0.363. The highest BCUT2D eigenvalue weighted by Gasteiger charge is 2.21. The molecule has 1 N–H and O–H groups in total. The summed E-state index contributed by atoms with van der Waals surface area (Å²) >= 11 is 0. The third-order valence-corrected chi connectivity index (χ3v) is 5.32. The highest BCUT2D eigenvalue weighted by atomic mass is 16.5. The second-order valence-corrected chi connectivity index (χ2v) is 7.37. The maximum Gasteiger partial charge on any atom is 0.0900 e. The normalized spacial score (nSPS) is 21.8. The van der Waals surface area contributed by atoms with Crippen molar-refractivity contribution < 1.29 is 9.84 Å². The molecule has 2 fully saturated rings. The minimum Gasteiger partial charge on any atom is -0.389 e. The quantitative estimate of drug-likeness (QED) is 0.869. The summed E-state index contributed by atoms with van der Waals surface area (Å²) in [6, 6.07) is 8.76. The summed E-state index contributed by atoms with van der Waals surface area (Å²) in [4.78, 5) is 4.79. The molecule has 0 amide bonds. The first-order chi connectivity index (χ1) is 11.7. The first-order valence-electron chi connectivity index (χ1n) is 9.54. The number of rotatable bonds is 6. The molecule has 1 saturated carbocycles. The molecule has 4 heteroatoms. The van der Waals surface area contributed by atoms with Crippen molar-refractivity contribution in [2.24, 2.45) is 0 Å². The predicted octanol–water partition coefficient (Wildman–Crippen LogP) is 2.83. The van der Waals surface area contributed by atoms with Gasteiger partial charge in [-0.3, -0.25) is 4.90 Å². The molecule has 1 atom stereocenters. The number of aryl methyl sites for hydroxylation is 1. The Kier molecular flexibility index (Phi) is 6.52. The van der Waals surface area contributed by atoms with Gasteiger partial charge < -0.3 is 14.7 Å². The summed E-state index contributed by atoms with van der Waals surface area (Å²) in [5.74, 6) is 0. The van der Waals surface area contributed by atoms with Gasteiger partial charge in [-0.05, 0) is 31.9 Å². The van der Waals surface area contributed by atoms with Crippen LogP contribution < -0.4 is 4.90 Å². The van der Waals surface area contributed by atoms with Crippen LogP contribution in [-0.4, -0.2) is 61.5 Å². The van der Waals surface area contributed by atoms with E-state index >= 15 is 0 Å². The fourth-order valence-electron chi connectivity index (χ4n) is 3.77.